The molecule has 4 aliphatic carbocycles. The molecule has 0 amide bonds. The highest BCUT2D eigenvalue weighted by Gasteiger charge is 2.69. The molecular weight excluding hydrogens is 376 g/mol. The Kier molecular flexibility index (Phi) is 4.45. The highest BCUT2D eigenvalue weighted by molar-refractivity contribution is 5.97. The van der Waals surface area contributed by atoms with Crippen LogP contribution in [0.2, 0.25) is 0 Å². The fourth-order valence-electron chi connectivity index (χ4n) is 7.39. The number of hydrogen-bond donors (Lipinski definition) is 3. The van der Waals surface area contributed by atoms with Crippen LogP contribution in [0.4, 0.5) is 0 Å². The third-order valence-electron chi connectivity index (χ3n) is 8.87. The Hall–Kier alpha value is -1.86. The largest absolute Gasteiger partial charge is 0.481 e. The van der Waals surface area contributed by atoms with Crippen LogP contribution in [-0.4, -0.2) is 50.8 Å². The van der Waals surface area contributed by atoms with E-state index in [0.717, 1.165) is 5.57 Å². The van der Waals surface area contributed by atoms with Crippen LogP contribution in [0, 0.1) is 34.5 Å². The average Bonchev–Trinajstić information content (AvgIpc) is 2.92. The third-order valence-corrected chi connectivity index (χ3v) is 8.87. The van der Waals surface area contributed by atoms with Crippen LogP contribution in [0.1, 0.15) is 52.4 Å². The van der Waals surface area contributed by atoms with E-state index < -0.39 is 46.6 Å². The molecule has 0 aromatic heterocycles. The number of carbonyl (C=O) groups excluding carboxylic acids is 3. The summed E-state index contributed by atoms with van der Waals surface area (Å²) in [5, 5.41) is 30.4. The molecule has 0 saturated heterocycles. The first kappa shape index (κ1) is 20.4. The van der Waals surface area contributed by atoms with Gasteiger partial charge in [0, 0.05) is 29.6 Å². The van der Waals surface area contributed by atoms with E-state index in [-0.39, 0.29) is 42.7 Å². The molecule has 0 heterocycles. The van der Waals surface area contributed by atoms with Gasteiger partial charge < -0.3 is 15.3 Å². The number of allylic oxidation sites excluding steroid dienone is 1. The molecule has 7 heteroatoms. The van der Waals surface area contributed by atoms with E-state index in [0.29, 0.717) is 19.3 Å². The quantitative estimate of drug-likeness (QED) is 0.646. The lowest BCUT2D eigenvalue weighted by molar-refractivity contribution is -0.174. The van der Waals surface area contributed by atoms with E-state index in [1.165, 1.54) is 6.08 Å². The SMILES string of the molecule is C[C@]12CC(=O)[C@H]3[C@@H](CCC4=CC(=O)CC(C(=O)O)[C@@]43C)[C@@H]1CC[C@]2(O)C(=O)CO. The van der Waals surface area contributed by atoms with Crippen molar-refractivity contribution >= 4 is 23.3 Å². The molecule has 158 valence electrons. The number of aliphatic hydroxyl groups excluding tert-OH is 1. The van der Waals surface area contributed by atoms with Crippen molar-refractivity contribution in [2.75, 3.05) is 6.61 Å². The normalized spacial score (nSPS) is 46.4. The maximum Gasteiger partial charge on any atom is 0.307 e. The minimum absolute atomic E-state index is 0.0236. The first-order valence-electron chi connectivity index (χ1n) is 10.4. The Balaban J connectivity index is 1.80. The standard InChI is InChI=1S/C22H28O7/c1-20-9-16(25)18-13(14(20)5-6-22(20,29)17(26)10-23)4-3-11-7-12(24)8-15(19(27)28)21(11,18)2/h7,13-15,18,23,29H,3-6,8-10H2,1-2H3,(H,27,28)/t13-,14-,15?,18+,20-,21+,22-/m0/s1. The zero-order valence-corrected chi connectivity index (χ0v) is 16.8. The lowest BCUT2D eigenvalue weighted by Gasteiger charge is -2.58. The van der Waals surface area contributed by atoms with Crippen LogP contribution in [-0.2, 0) is 19.2 Å². The van der Waals surface area contributed by atoms with Crippen molar-refractivity contribution in [2.24, 2.45) is 34.5 Å². The Morgan fingerprint density at radius 2 is 1.90 bits per heavy atom. The Morgan fingerprint density at radius 1 is 1.21 bits per heavy atom. The van der Waals surface area contributed by atoms with Crippen molar-refractivity contribution < 1.29 is 34.5 Å². The van der Waals surface area contributed by atoms with Gasteiger partial charge in [-0.05, 0) is 43.6 Å². The minimum Gasteiger partial charge on any atom is -0.481 e. The lowest BCUT2D eigenvalue weighted by atomic mass is 9.44. The van der Waals surface area contributed by atoms with Gasteiger partial charge in [0.1, 0.15) is 18.0 Å². The molecular formula is C22H28O7. The zero-order chi connectivity index (χ0) is 21.4. The van der Waals surface area contributed by atoms with Crippen molar-refractivity contribution in [3.8, 4) is 0 Å². The van der Waals surface area contributed by atoms with Crippen molar-refractivity contribution in [3.05, 3.63) is 11.6 Å². The highest BCUT2D eigenvalue weighted by Crippen LogP contribution is 2.67. The lowest BCUT2D eigenvalue weighted by Crippen LogP contribution is -2.62. The van der Waals surface area contributed by atoms with Gasteiger partial charge in [0.2, 0.25) is 0 Å². The molecule has 7 nitrogen and oxygen atoms in total. The van der Waals surface area contributed by atoms with Gasteiger partial charge in [-0.15, -0.1) is 0 Å². The van der Waals surface area contributed by atoms with Gasteiger partial charge in [-0.3, -0.25) is 19.2 Å². The number of aliphatic carboxylic acids is 1. The second kappa shape index (κ2) is 6.32. The van der Waals surface area contributed by atoms with Crippen LogP contribution in [0.3, 0.4) is 0 Å². The fraction of sp³-hybridized carbons (Fsp3) is 0.727. The van der Waals surface area contributed by atoms with Gasteiger partial charge in [-0.1, -0.05) is 19.4 Å². The number of ketones is 3. The molecule has 3 N–H and O–H groups in total. The maximum absolute atomic E-state index is 13.5. The van der Waals surface area contributed by atoms with E-state index in [2.05, 4.69) is 0 Å². The summed E-state index contributed by atoms with van der Waals surface area (Å²) < 4.78 is 0. The van der Waals surface area contributed by atoms with Gasteiger partial charge in [0.05, 0.1) is 5.92 Å². The van der Waals surface area contributed by atoms with E-state index in [9.17, 15) is 34.5 Å². The summed E-state index contributed by atoms with van der Waals surface area (Å²) >= 11 is 0. The molecule has 0 spiro atoms. The van der Waals surface area contributed by atoms with Gasteiger partial charge in [-0.25, -0.2) is 0 Å². The summed E-state index contributed by atoms with van der Waals surface area (Å²) in [5.74, 6) is -3.82. The predicted molar refractivity (Wildman–Crippen MR) is 101 cm³/mol. The van der Waals surface area contributed by atoms with Crippen LogP contribution < -0.4 is 0 Å². The summed E-state index contributed by atoms with van der Waals surface area (Å²) in [6.45, 7) is 2.80. The molecule has 29 heavy (non-hydrogen) atoms. The number of carboxylic acid groups (broad SMARTS) is 1. The fourth-order valence-corrected chi connectivity index (χ4v) is 7.39. The van der Waals surface area contributed by atoms with E-state index in [1.54, 1.807) is 6.92 Å². The molecule has 1 unspecified atom stereocenters. The topological polar surface area (TPSA) is 129 Å². The summed E-state index contributed by atoms with van der Waals surface area (Å²) in [4.78, 5) is 50.1. The van der Waals surface area contributed by atoms with Crippen LogP contribution in [0.5, 0.6) is 0 Å². The number of hydrogen-bond acceptors (Lipinski definition) is 6. The summed E-state index contributed by atoms with van der Waals surface area (Å²) in [5.41, 5.74) is -2.88. The zero-order valence-electron chi connectivity index (χ0n) is 16.8. The Labute approximate surface area is 169 Å². The molecule has 0 aromatic carbocycles. The van der Waals surface area contributed by atoms with Crippen molar-refractivity contribution in [3.63, 3.8) is 0 Å². The molecule has 0 radical (unpaired) electrons. The maximum atomic E-state index is 13.5. The average molecular weight is 404 g/mol. The number of aliphatic hydroxyl groups is 2. The molecule has 3 saturated carbocycles. The van der Waals surface area contributed by atoms with E-state index >= 15 is 0 Å². The van der Waals surface area contributed by atoms with Crippen molar-refractivity contribution in [1.82, 2.24) is 0 Å². The van der Waals surface area contributed by atoms with Gasteiger partial charge >= 0.3 is 5.97 Å². The minimum atomic E-state index is -1.74. The molecule has 0 aliphatic heterocycles. The van der Waals surface area contributed by atoms with E-state index in [4.69, 9.17) is 0 Å². The number of carbonyl (C=O) groups is 4. The number of fused-ring (bicyclic) bond motifs is 5. The van der Waals surface area contributed by atoms with Crippen molar-refractivity contribution in [1.29, 1.82) is 0 Å². The number of rotatable bonds is 3. The van der Waals surface area contributed by atoms with Crippen molar-refractivity contribution in [2.45, 2.75) is 58.0 Å². The van der Waals surface area contributed by atoms with Gasteiger partial charge in [-0.2, -0.15) is 0 Å². The third kappa shape index (κ3) is 2.43. The summed E-state index contributed by atoms with van der Waals surface area (Å²) in [7, 11) is 0. The van der Waals surface area contributed by atoms with Gasteiger partial charge in [0.25, 0.3) is 0 Å². The van der Waals surface area contributed by atoms with Crippen LogP contribution in [0.15, 0.2) is 11.6 Å². The first-order chi connectivity index (χ1) is 13.5. The Bertz CT molecular complexity index is 844. The molecule has 4 rings (SSSR count). The molecule has 4 aliphatic rings. The summed E-state index contributed by atoms with van der Waals surface area (Å²) in [6.07, 6.45) is 3.33. The van der Waals surface area contributed by atoms with Crippen LogP contribution >= 0.6 is 0 Å². The Morgan fingerprint density at radius 3 is 2.52 bits per heavy atom. The number of Topliss-reactive ketones (excluding diaryl/α,β-unsaturated/α-hetero) is 2. The van der Waals surface area contributed by atoms with Crippen LogP contribution in [0.25, 0.3) is 0 Å². The second-order valence-electron chi connectivity index (χ2n) is 9.84. The second-order valence-corrected chi connectivity index (χ2v) is 9.84. The monoisotopic (exact) mass is 404 g/mol. The molecule has 0 bridgehead atoms. The predicted octanol–water partition coefficient (Wildman–Crippen LogP) is 1.30. The molecule has 3 fully saturated rings. The molecule has 7 atom stereocenters. The van der Waals surface area contributed by atoms with Gasteiger partial charge in [0.15, 0.2) is 11.6 Å². The highest BCUT2D eigenvalue weighted by atomic mass is 16.4. The molecule has 0 aromatic rings. The smallest absolute Gasteiger partial charge is 0.307 e. The first-order valence-corrected chi connectivity index (χ1v) is 10.4. The summed E-state index contributed by atoms with van der Waals surface area (Å²) in [6, 6.07) is 0. The number of carboxylic acids is 1. The van der Waals surface area contributed by atoms with E-state index in [1.807, 2.05) is 6.92 Å².